The lowest BCUT2D eigenvalue weighted by molar-refractivity contribution is 0.0597. The summed E-state index contributed by atoms with van der Waals surface area (Å²) in [5.74, 6) is -0.404. The third-order valence-electron chi connectivity index (χ3n) is 3.77. The maximum absolute atomic E-state index is 11.9. The van der Waals surface area contributed by atoms with Crippen LogP contribution in [-0.2, 0) is 10.3 Å². The van der Waals surface area contributed by atoms with Gasteiger partial charge >= 0.3 is 5.97 Å². The van der Waals surface area contributed by atoms with Gasteiger partial charge in [0.2, 0.25) is 0 Å². The molecule has 0 unspecified atom stereocenters. The smallest absolute Gasteiger partial charge is 0.340 e. The van der Waals surface area contributed by atoms with Crippen molar-refractivity contribution in [1.29, 1.82) is 0 Å². The summed E-state index contributed by atoms with van der Waals surface area (Å²) >= 11 is 0. The van der Waals surface area contributed by atoms with E-state index in [4.69, 9.17) is 16.2 Å². The van der Waals surface area contributed by atoms with Crippen LogP contribution in [0.5, 0.6) is 0 Å². The lowest BCUT2D eigenvalue weighted by Gasteiger charge is -2.35. The van der Waals surface area contributed by atoms with Crippen molar-refractivity contribution in [2.24, 2.45) is 5.73 Å². The first-order valence-corrected chi connectivity index (χ1v) is 6.34. The van der Waals surface area contributed by atoms with Gasteiger partial charge in [-0.15, -0.1) is 0 Å². The lowest BCUT2D eigenvalue weighted by Crippen LogP contribution is -2.40. The topological polar surface area (TPSA) is 78.3 Å². The molecule has 1 aliphatic rings. The third-order valence-corrected chi connectivity index (χ3v) is 3.77. The van der Waals surface area contributed by atoms with E-state index in [0.717, 1.165) is 31.2 Å². The maximum Gasteiger partial charge on any atom is 0.340 e. The molecule has 0 spiro atoms. The van der Waals surface area contributed by atoms with Crippen molar-refractivity contribution in [3.05, 3.63) is 29.3 Å². The van der Waals surface area contributed by atoms with Gasteiger partial charge in [0.25, 0.3) is 0 Å². The molecule has 0 saturated heterocycles. The molecule has 1 fully saturated rings. The fourth-order valence-electron chi connectivity index (χ4n) is 2.77. The average Bonchev–Trinajstić information content (AvgIpc) is 2.38. The second-order valence-electron chi connectivity index (χ2n) is 4.98. The maximum atomic E-state index is 11.9. The molecular formula is C14H20N2O2. The van der Waals surface area contributed by atoms with Gasteiger partial charge < -0.3 is 16.2 Å². The number of hydrogen-bond donors (Lipinski definition) is 2. The van der Waals surface area contributed by atoms with E-state index in [1.165, 1.54) is 13.5 Å². The molecule has 0 radical (unpaired) electrons. The molecule has 1 aromatic carbocycles. The summed E-state index contributed by atoms with van der Waals surface area (Å²) in [5.41, 5.74) is 13.6. The zero-order valence-electron chi connectivity index (χ0n) is 10.7. The average molecular weight is 248 g/mol. The second kappa shape index (κ2) is 4.98. The normalized spacial score (nSPS) is 18.3. The van der Waals surface area contributed by atoms with E-state index < -0.39 is 11.5 Å². The van der Waals surface area contributed by atoms with E-state index >= 15 is 0 Å². The molecule has 0 atom stereocenters. The molecule has 0 aliphatic heterocycles. The predicted molar refractivity (Wildman–Crippen MR) is 71.1 cm³/mol. The summed E-state index contributed by atoms with van der Waals surface area (Å²) < 4.78 is 4.82. The Labute approximate surface area is 107 Å². The van der Waals surface area contributed by atoms with Crippen LogP contribution in [-0.4, -0.2) is 13.1 Å². The Bertz CT molecular complexity index is 451. The molecule has 18 heavy (non-hydrogen) atoms. The van der Waals surface area contributed by atoms with Crippen molar-refractivity contribution >= 4 is 11.7 Å². The highest BCUT2D eigenvalue weighted by Gasteiger charge is 2.33. The van der Waals surface area contributed by atoms with Gasteiger partial charge in [0.05, 0.1) is 12.7 Å². The quantitative estimate of drug-likeness (QED) is 0.621. The first-order valence-electron chi connectivity index (χ1n) is 6.34. The molecule has 98 valence electrons. The number of benzene rings is 1. The molecule has 0 bridgehead atoms. The Balaban J connectivity index is 2.49. The number of ether oxygens (including phenoxy) is 1. The summed E-state index contributed by atoms with van der Waals surface area (Å²) in [4.78, 5) is 11.9. The highest BCUT2D eigenvalue weighted by Crippen LogP contribution is 2.38. The van der Waals surface area contributed by atoms with Crippen molar-refractivity contribution in [1.82, 2.24) is 0 Å². The molecule has 1 aromatic rings. The Morgan fingerprint density at radius 3 is 2.56 bits per heavy atom. The summed E-state index contributed by atoms with van der Waals surface area (Å²) in [7, 11) is 1.36. The number of hydrogen-bond acceptors (Lipinski definition) is 4. The highest BCUT2D eigenvalue weighted by molar-refractivity contribution is 5.97. The summed E-state index contributed by atoms with van der Waals surface area (Å²) in [6, 6.07) is 5.45. The van der Waals surface area contributed by atoms with E-state index in [-0.39, 0.29) is 0 Å². The Hall–Kier alpha value is -1.55. The first-order chi connectivity index (χ1) is 8.58. The Kier molecular flexibility index (Phi) is 3.57. The van der Waals surface area contributed by atoms with Crippen LogP contribution in [0.15, 0.2) is 18.2 Å². The predicted octanol–water partition coefficient (Wildman–Crippen LogP) is 2.17. The van der Waals surface area contributed by atoms with E-state index in [1.807, 2.05) is 12.1 Å². The largest absolute Gasteiger partial charge is 0.465 e. The van der Waals surface area contributed by atoms with Gasteiger partial charge in [0.1, 0.15) is 0 Å². The number of rotatable bonds is 2. The van der Waals surface area contributed by atoms with E-state index in [9.17, 15) is 4.79 Å². The first kappa shape index (κ1) is 12.9. The van der Waals surface area contributed by atoms with Crippen molar-refractivity contribution in [2.75, 3.05) is 12.8 Å². The summed E-state index contributed by atoms with van der Waals surface area (Å²) in [6.45, 7) is 0. The van der Waals surface area contributed by atoms with Gasteiger partial charge in [0.15, 0.2) is 0 Å². The molecule has 1 aliphatic carbocycles. The number of carbonyl (C=O) groups excluding carboxylic acids is 1. The lowest BCUT2D eigenvalue weighted by atomic mass is 9.75. The number of methoxy groups -OCH3 is 1. The molecular weight excluding hydrogens is 228 g/mol. The number of nitrogen functional groups attached to an aromatic ring is 1. The van der Waals surface area contributed by atoms with Gasteiger partial charge in [-0.2, -0.15) is 0 Å². The van der Waals surface area contributed by atoms with Gasteiger partial charge in [-0.05, 0) is 24.5 Å². The standard InChI is InChI=1S/C14H20N2O2/c1-18-13(17)12-10(6-5-7-11(12)15)14(16)8-3-2-4-9-14/h5-7H,2-4,8-9,15-16H2,1H3. The van der Waals surface area contributed by atoms with Crippen LogP contribution in [0.2, 0.25) is 0 Å². The summed E-state index contributed by atoms with van der Waals surface area (Å²) in [5, 5.41) is 0. The SMILES string of the molecule is COC(=O)c1c(N)cccc1C1(N)CCCCC1. The number of nitrogens with two attached hydrogens (primary N) is 2. The van der Waals surface area contributed by atoms with E-state index in [2.05, 4.69) is 0 Å². The third kappa shape index (κ3) is 2.20. The van der Waals surface area contributed by atoms with E-state index in [0.29, 0.717) is 11.3 Å². The van der Waals surface area contributed by atoms with E-state index in [1.54, 1.807) is 6.07 Å². The number of carbonyl (C=O) groups is 1. The van der Waals surface area contributed by atoms with Gasteiger partial charge in [0, 0.05) is 11.2 Å². The summed E-state index contributed by atoms with van der Waals surface area (Å²) in [6.07, 6.45) is 5.16. The van der Waals surface area contributed by atoms with Gasteiger partial charge in [-0.1, -0.05) is 31.4 Å². The van der Waals surface area contributed by atoms with Crippen LogP contribution < -0.4 is 11.5 Å². The molecule has 4 nitrogen and oxygen atoms in total. The zero-order chi connectivity index (χ0) is 13.2. The van der Waals surface area contributed by atoms with Crippen molar-refractivity contribution in [3.8, 4) is 0 Å². The minimum atomic E-state index is -0.447. The van der Waals surface area contributed by atoms with Crippen molar-refractivity contribution in [2.45, 2.75) is 37.6 Å². The van der Waals surface area contributed by atoms with Crippen LogP contribution in [0.1, 0.15) is 48.0 Å². The highest BCUT2D eigenvalue weighted by atomic mass is 16.5. The second-order valence-corrected chi connectivity index (χ2v) is 4.98. The number of esters is 1. The molecule has 4 heteroatoms. The zero-order valence-corrected chi connectivity index (χ0v) is 10.7. The van der Waals surface area contributed by atoms with Gasteiger partial charge in [-0.3, -0.25) is 0 Å². The minimum absolute atomic E-state index is 0.404. The fourth-order valence-corrected chi connectivity index (χ4v) is 2.77. The van der Waals surface area contributed by atoms with Crippen LogP contribution in [0.4, 0.5) is 5.69 Å². The van der Waals surface area contributed by atoms with Crippen LogP contribution >= 0.6 is 0 Å². The van der Waals surface area contributed by atoms with Crippen LogP contribution in [0.25, 0.3) is 0 Å². The minimum Gasteiger partial charge on any atom is -0.465 e. The fraction of sp³-hybridized carbons (Fsp3) is 0.500. The Morgan fingerprint density at radius 2 is 1.94 bits per heavy atom. The molecule has 1 saturated carbocycles. The Morgan fingerprint density at radius 1 is 1.28 bits per heavy atom. The van der Waals surface area contributed by atoms with Gasteiger partial charge in [-0.25, -0.2) is 4.79 Å². The monoisotopic (exact) mass is 248 g/mol. The molecule has 0 amide bonds. The van der Waals surface area contributed by atoms with Crippen molar-refractivity contribution < 1.29 is 9.53 Å². The number of anilines is 1. The van der Waals surface area contributed by atoms with Crippen LogP contribution in [0, 0.1) is 0 Å². The van der Waals surface area contributed by atoms with Crippen molar-refractivity contribution in [3.63, 3.8) is 0 Å². The molecule has 2 rings (SSSR count). The molecule has 0 heterocycles. The molecule has 0 aromatic heterocycles. The molecule has 4 N–H and O–H groups in total. The van der Waals surface area contributed by atoms with Crippen LogP contribution in [0.3, 0.4) is 0 Å².